The number of carbonyl (C=O) groups excluding carboxylic acids is 3. The first-order valence-electron chi connectivity index (χ1n) is 9.53. The Labute approximate surface area is 183 Å². The van der Waals surface area contributed by atoms with Crippen LogP contribution >= 0.6 is 12.4 Å². The molecule has 2 aromatic carbocycles. The quantitative estimate of drug-likeness (QED) is 0.512. The highest BCUT2D eigenvalue weighted by atomic mass is 35.5. The van der Waals surface area contributed by atoms with Gasteiger partial charge in [0.1, 0.15) is 0 Å². The van der Waals surface area contributed by atoms with Crippen LogP contribution in [0.5, 0.6) is 0 Å². The minimum atomic E-state index is -0.642. The van der Waals surface area contributed by atoms with Crippen LogP contribution in [0.3, 0.4) is 0 Å². The second-order valence-corrected chi connectivity index (χ2v) is 7.28. The van der Waals surface area contributed by atoms with E-state index in [-0.39, 0.29) is 49.1 Å². The average Bonchev–Trinajstić information content (AvgIpc) is 2.70. The van der Waals surface area contributed by atoms with Crippen molar-refractivity contribution in [3.63, 3.8) is 0 Å². The smallest absolute Gasteiger partial charge is 0.255 e. The fourth-order valence-corrected chi connectivity index (χ4v) is 2.52. The van der Waals surface area contributed by atoms with Crippen LogP contribution < -0.4 is 21.7 Å². The van der Waals surface area contributed by atoms with Crippen molar-refractivity contribution in [2.24, 2.45) is 11.7 Å². The van der Waals surface area contributed by atoms with E-state index >= 15 is 0 Å². The first-order valence-corrected chi connectivity index (χ1v) is 9.53. The maximum absolute atomic E-state index is 12.3. The second-order valence-electron chi connectivity index (χ2n) is 7.28. The van der Waals surface area contributed by atoms with Gasteiger partial charge >= 0.3 is 0 Å². The van der Waals surface area contributed by atoms with E-state index in [0.29, 0.717) is 11.3 Å². The zero-order chi connectivity index (χ0) is 21.4. The van der Waals surface area contributed by atoms with Gasteiger partial charge in [0, 0.05) is 17.8 Å². The molecule has 3 amide bonds. The molecule has 0 aromatic heterocycles. The summed E-state index contributed by atoms with van der Waals surface area (Å²) in [6, 6.07) is 13.9. The van der Waals surface area contributed by atoms with Crippen LogP contribution in [-0.4, -0.2) is 30.3 Å². The molecule has 0 fully saturated rings. The Morgan fingerprint density at radius 3 is 2.30 bits per heavy atom. The summed E-state index contributed by atoms with van der Waals surface area (Å²) in [4.78, 5) is 36.1. The Bertz CT molecular complexity index is 869. The van der Waals surface area contributed by atoms with E-state index in [4.69, 9.17) is 5.73 Å². The Kier molecular flexibility index (Phi) is 10.0. The van der Waals surface area contributed by atoms with Crippen LogP contribution in [0.1, 0.15) is 35.3 Å². The molecule has 162 valence electrons. The molecule has 0 aliphatic heterocycles. The number of nitrogens with one attached hydrogen (secondary N) is 3. The summed E-state index contributed by atoms with van der Waals surface area (Å²) in [7, 11) is 0. The Morgan fingerprint density at radius 1 is 1.00 bits per heavy atom. The molecule has 30 heavy (non-hydrogen) atoms. The molecular weight excluding hydrogens is 404 g/mol. The number of amides is 3. The van der Waals surface area contributed by atoms with E-state index in [0.717, 1.165) is 11.1 Å². The molecule has 7 nitrogen and oxygen atoms in total. The van der Waals surface area contributed by atoms with Gasteiger partial charge in [-0.1, -0.05) is 43.7 Å². The molecule has 0 radical (unpaired) electrons. The van der Waals surface area contributed by atoms with E-state index in [1.165, 1.54) is 0 Å². The maximum atomic E-state index is 12.3. The standard InChI is InChI=1S/C22H28N4O3.ClH/c1-14(2)20(23)22(29)25-13-19(27)24-12-16-5-4-6-18(11-16)26-21(28)17-9-7-15(3)8-10-17;/h4-11,14,20H,12-13,23H2,1-3H3,(H,24,27)(H,25,29)(H,26,28);1H/t20-;/m0./s1. The van der Waals surface area contributed by atoms with Gasteiger partial charge < -0.3 is 21.7 Å². The number of aryl methyl sites for hydroxylation is 1. The zero-order valence-corrected chi connectivity index (χ0v) is 18.2. The molecule has 0 saturated heterocycles. The van der Waals surface area contributed by atoms with Crippen molar-refractivity contribution in [3.8, 4) is 0 Å². The summed E-state index contributed by atoms with van der Waals surface area (Å²) < 4.78 is 0. The van der Waals surface area contributed by atoms with Crippen LogP contribution in [0.25, 0.3) is 0 Å². The van der Waals surface area contributed by atoms with Gasteiger partial charge in [-0.25, -0.2) is 0 Å². The van der Waals surface area contributed by atoms with Gasteiger partial charge in [-0.2, -0.15) is 0 Å². The SMILES string of the molecule is Cc1ccc(C(=O)Nc2cccc(CNC(=O)CNC(=O)[C@@H](N)C(C)C)c2)cc1.Cl. The van der Waals surface area contributed by atoms with Crippen molar-refractivity contribution < 1.29 is 14.4 Å². The summed E-state index contributed by atoms with van der Waals surface area (Å²) in [5.41, 5.74) is 8.86. The minimum absolute atomic E-state index is 0. The summed E-state index contributed by atoms with van der Waals surface area (Å²) in [6.07, 6.45) is 0. The largest absolute Gasteiger partial charge is 0.350 e. The first kappa shape index (κ1) is 25.1. The van der Waals surface area contributed by atoms with Gasteiger partial charge in [0.25, 0.3) is 5.91 Å². The lowest BCUT2D eigenvalue weighted by Crippen LogP contribution is -2.47. The average molecular weight is 433 g/mol. The summed E-state index contributed by atoms with van der Waals surface area (Å²) in [6.45, 7) is 5.79. The van der Waals surface area contributed by atoms with Crippen molar-refractivity contribution in [2.75, 3.05) is 11.9 Å². The molecule has 5 N–H and O–H groups in total. The fraction of sp³-hybridized carbons (Fsp3) is 0.318. The lowest BCUT2D eigenvalue weighted by atomic mass is 10.1. The molecular formula is C22H29ClN4O3. The molecule has 0 bridgehead atoms. The molecule has 0 spiro atoms. The summed E-state index contributed by atoms with van der Waals surface area (Å²) in [5, 5.41) is 8.11. The number of benzene rings is 2. The van der Waals surface area contributed by atoms with Crippen molar-refractivity contribution >= 4 is 35.8 Å². The van der Waals surface area contributed by atoms with Crippen LogP contribution in [0.4, 0.5) is 5.69 Å². The number of rotatable bonds is 8. The molecule has 0 unspecified atom stereocenters. The Morgan fingerprint density at radius 2 is 1.67 bits per heavy atom. The van der Waals surface area contributed by atoms with Crippen molar-refractivity contribution in [3.05, 3.63) is 65.2 Å². The molecule has 0 aliphatic carbocycles. The number of nitrogens with two attached hydrogens (primary N) is 1. The third-order valence-electron chi connectivity index (χ3n) is 4.43. The van der Waals surface area contributed by atoms with Gasteiger partial charge in [0.05, 0.1) is 12.6 Å². The van der Waals surface area contributed by atoms with Gasteiger partial charge in [0.2, 0.25) is 11.8 Å². The number of halogens is 1. The molecule has 1 atom stereocenters. The van der Waals surface area contributed by atoms with Gasteiger partial charge in [-0.15, -0.1) is 12.4 Å². The predicted molar refractivity (Wildman–Crippen MR) is 120 cm³/mol. The van der Waals surface area contributed by atoms with Gasteiger partial charge in [-0.3, -0.25) is 14.4 Å². The van der Waals surface area contributed by atoms with Crippen molar-refractivity contribution in [1.82, 2.24) is 10.6 Å². The van der Waals surface area contributed by atoms with Gasteiger partial charge in [0.15, 0.2) is 0 Å². The van der Waals surface area contributed by atoms with E-state index in [1.54, 1.807) is 30.3 Å². The monoisotopic (exact) mass is 432 g/mol. The van der Waals surface area contributed by atoms with E-state index in [1.807, 2.05) is 39.0 Å². The van der Waals surface area contributed by atoms with Crippen LogP contribution in [0.2, 0.25) is 0 Å². The predicted octanol–water partition coefficient (Wildman–Crippen LogP) is 2.38. The number of anilines is 1. The Hall–Kier alpha value is -2.90. The van der Waals surface area contributed by atoms with E-state index in [9.17, 15) is 14.4 Å². The molecule has 0 aliphatic rings. The number of carbonyl (C=O) groups is 3. The lowest BCUT2D eigenvalue weighted by molar-refractivity contribution is -0.127. The topological polar surface area (TPSA) is 113 Å². The molecule has 2 aromatic rings. The third-order valence-corrected chi connectivity index (χ3v) is 4.43. The van der Waals surface area contributed by atoms with Crippen molar-refractivity contribution in [2.45, 2.75) is 33.4 Å². The highest BCUT2D eigenvalue weighted by Gasteiger charge is 2.17. The Balaban J connectivity index is 0.00000450. The van der Waals surface area contributed by atoms with Crippen LogP contribution in [0.15, 0.2) is 48.5 Å². The molecule has 8 heteroatoms. The zero-order valence-electron chi connectivity index (χ0n) is 17.4. The lowest BCUT2D eigenvalue weighted by Gasteiger charge is -2.15. The number of hydrogen-bond acceptors (Lipinski definition) is 4. The second kappa shape index (κ2) is 11.9. The van der Waals surface area contributed by atoms with E-state index < -0.39 is 6.04 Å². The van der Waals surface area contributed by atoms with E-state index in [2.05, 4.69) is 16.0 Å². The number of hydrogen-bond donors (Lipinski definition) is 4. The first-order chi connectivity index (χ1) is 13.8. The molecule has 0 saturated carbocycles. The summed E-state index contributed by atoms with van der Waals surface area (Å²) >= 11 is 0. The minimum Gasteiger partial charge on any atom is -0.350 e. The van der Waals surface area contributed by atoms with Crippen molar-refractivity contribution in [1.29, 1.82) is 0 Å². The molecule has 2 rings (SSSR count). The third kappa shape index (κ3) is 7.85. The van der Waals surface area contributed by atoms with Gasteiger partial charge in [-0.05, 0) is 42.7 Å². The van der Waals surface area contributed by atoms with Crippen LogP contribution in [-0.2, 0) is 16.1 Å². The normalized spacial score (nSPS) is 11.2. The van der Waals surface area contributed by atoms with Crippen LogP contribution in [0, 0.1) is 12.8 Å². The fourth-order valence-electron chi connectivity index (χ4n) is 2.52. The highest BCUT2D eigenvalue weighted by molar-refractivity contribution is 6.04. The summed E-state index contributed by atoms with van der Waals surface area (Å²) in [5.74, 6) is -0.870. The maximum Gasteiger partial charge on any atom is 0.255 e. The highest BCUT2D eigenvalue weighted by Crippen LogP contribution is 2.13. The molecule has 0 heterocycles.